The molecule has 0 unspecified atom stereocenters. The Morgan fingerprint density at radius 2 is 2.29 bits per heavy atom. The van der Waals surface area contributed by atoms with Crippen LogP contribution in [0.4, 0.5) is 5.13 Å². The average molecular weight is 343 g/mol. The van der Waals surface area contributed by atoms with Crippen LogP contribution in [-0.4, -0.2) is 28.5 Å². The van der Waals surface area contributed by atoms with Crippen molar-refractivity contribution in [3.8, 4) is 23.9 Å². The third-order valence-electron chi connectivity index (χ3n) is 2.37. The highest BCUT2D eigenvalue weighted by Crippen LogP contribution is 2.25. The summed E-state index contributed by atoms with van der Waals surface area (Å²) in [5, 5.41) is 0.575. The number of sulfonamides is 1. The van der Waals surface area contributed by atoms with Crippen molar-refractivity contribution in [3.63, 3.8) is 0 Å². The fraction of sp³-hybridized carbons (Fsp3) is 0.250. The van der Waals surface area contributed by atoms with Gasteiger partial charge in [-0.2, -0.15) is 9.36 Å². The summed E-state index contributed by atoms with van der Waals surface area (Å²) in [5.41, 5.74) is 0.410. The molecule has 2 heterocycles. The Labute approximate surface area is 131 Å². The molecule has 0 bridgehead atoms. The minimum atomic E-state index is -3.48. The van der Waals surface area contributed by atoms with Crippen LogP contribution < -0.4 is 4.72 Å². The van der Waals surface area contributed by atoms with Crippen molar-refractivity contribution in [2.24, 2.45) is 0 Å². The highest BCUT2D eigenvalue weighted by atomic mass is 35.5. The first kappa shape index (κ1) is 15.7. The van der Waals surface area contributed by atoms with Gasteiger partial charge in [-0.25, -0.2) is 8.42 Å². The first-order valence-corrected chi connectivity index (χ1v) is 8.71. The summed E-state index contributed by atoms with van der Waals surface area (Å²) in [4.78, 5) is 8.15. The second kappa shape index (κ2) is 6.85. The van der Waals surface area contributed by atoms with Crippen LogP contribution in [0.1, 0.15) is 12.8 Å². The fourth-order valence-electron chi connectivity index (χ4n) is 1.46. The largest absolute Gasteiger partial charge is 0.257 e. The SMILES string of the molecule is C#CCCCS(=O)(=O)Nc1nc(-c2ncccc2Cl)ns1. The number of rotatable bonds is 6. The maximum Gasteiger partial charge on any atom is 0.234 e. The Balaban J connectivity index is 2.11. The van der Waals surface area contributed by atoms with Crippen LogP contribution in [0.5, 0.6) is 0 Å². The van der Waals surface area contributed by atoms with E-state index in [1.807, 2.05) is 0 Å². The van der Waals surface area contributed by atoms with E-state index in [9.17, 15) is 8.42 Å². The molecule has 0 aliphatic heterocycles. The average Bonchev–Trinajstić information content (AvgIpc) is 2.87. The third-order valence-corrected chi connectivity index (χ3v) is 4.77. The maximum absolute atomic E-state index is 11.8. The molecule has 6 nitrogen and oxygen atoms in total. The van der Waals surface area contributed by atoms with Gasteiger partial charge in [-0.15, -0.1) is 12.3 Å². The van der Waals surface area contributed by atoms with Gasteiger partial charge in [0.2, 0.25) is 15.2 Å². The van der Waals surface area contributed by atoms with Crippen molar-refractivity contribution < 1.29 is 8.42 Å². The van der Waals surface area contributed by atoms with Gasteiger partial charge in [0.1, 0.15) is 5.69 Å². The minimum Gasteiger partial charge on any atom is -0.257 e. The number of pyridine rings is 1. The summed E-state index contributed by atoms with van der Waals surface area (Å²) in [6.45, 7) is 0. The molecule has 9 heteroatoms. The van der Waals surface area contributed by atoms with Gasteiger partial charge < -0.3 is 0 Å². The Bertz CT molecular complexity index is 768. The fourth-order valence-corrected chi connectivity index (χ4v) is 3.56. The zero-order valence-corrected chi connectivity index (χ0v) is 13.2. The standard InChI is InChI=1S/C12H11ClN4O2S2/c1-2-3-4-8-21(18,19)17-12-15-11(16-20-12)10-9(13)6-5-7-14-10/h1,5-7H,3-4,8H2,(H,15,16,17). The number of terminal acetylenes is 1. The number of aromatic nitrogens is 3. The van der Waals surface area contributed by atoms with Crippen molar-refractivity contribution in [1.82, 2.24) is 14.3 Å². The second-order valence-electron chi connectivity index (χ2n) is 3.99. The zero-order valence-electron chi connectivity index (χ0n) is 10.8. The molecule has 2 rings (SSSR count). The lowest BCUT2D eigenvalue weighted by Crippen LogP contribution is -2.16. The number of unbranched alkanes of at least 4 members (excludes halogenated alkanes) is 1. The topological polar surface area (TPSA) is 84.8 Å². The van der Waals surface area contributed by atoms with Gasteiger partial charge in [0.25, 0.3) is 0 Å². The Morgan fingerprint density at radius 1 is 1.48 bits per heavy atom. The molecule has 0 radical (unpaired) electrons. The molecule has 21 heavy (non-hydrogen) atoms. The summed E-state index contributed by atoms with van der Waals surface area (Å²) >= 11 is 6.92. The third kappa shape index (κ3) is 4.39. The Hall–Kier alpha value is -1.69. The van der Waals surface area contributed by atoms with Crippen molar-refractivity contribution in [3.05, 3.63) is 23.4 Å². The van der Waals surface area contributed by atoms with Crippen LogP contribution in [0, 0.1) is 12.3 Å². The van der Waals surface area contributed by atoms with Crippen LogP contribution in [0.2, 0.25) is 5.02 Å². The normalized spacial score (nSPS) is 11.0. The second-order valence-corrected chi connectivity index (χ2v) is 6.99. The van der Waals surface area contributed by atoms with Crippen molar-refractivity contribution in [2.45, 2.75) is 12.8 Å². The molecule has 110 valence electrons. The number of anilines is 1. The van der Waals surface area contributed by atoms with E-state index in [2.05, 4.69) is 25.0 Å². The van der Waals surface area contributed by atoms with Crippen molar-refractivity contribution in [2.75, 3.05) is 10.5 Å². The smallest absolute Gasteiger partial charge is 0.234 e. The minimum absolute atomic E-state index is 0.0591. The van der Waals surface area contributed by atoms with E-state index < -0.39 is 10.0 Å². The Kier molecular flexibility index (Phi) is 5.12. The Morgan fingerprint density at radius 3 is 3.00 bits per heavy atom. The molecule has 0 aliphatic carbocycles. The van der Waals surface area contributed by atoms with E-state index in [4.69, 9.17) is 18.0 Å². The lowest BCUT2D eigenvalue weighted by molar-refractivity contribution is 0.599. The van der Waals surface area contributed by atoms with E-state index in [-0.39, 0.29) is 16.7 Å². The van der Waals surface area contributed by atoms with Gasteiger partial charge in [0.15, 0.2) is 5.82 Å². The summed E-state index contributed by atoms with van der Waals surface area (Å²) in [6.07, 6.45) is 7.45. The molecule has 2 aromatic heterocycles. The predicted molar refractivity (Wildman–Crippen MR) is 83.6 cm³/mol. The summed E-state index contributed by atoms with van der Waals surface area (Å²) in [5.74, 6) is 2.62. The molecule has 0 saturated carbocycles. The molecule has 0 atom stereocenters. The molecule has 0 amide bonds. The molecule has 0 spiro atoms. The van der Waals surface area contributed by atoms with Gasteiger partial charge >= 0.3 is 0 Å². The van der Waals surface area contributed by atoms with Crippen LogP contribution in [-0.2, 0) is 10.0 Å². The quantitative estimate of drug-likeness (QED) is 0.643. The van der Waals surface area contributed by atoms with E-state index in [0.717, 1.165) is 11.5 Å². The highest BCUT2D eigenvalue weighted by Gasteiger charge is 2.15. The van der Waals surface area contributed by atoms with Crippen LogP contribution in [0.15, 0.2) is 18.3 Å². The molecule has 0 fully saturated rings. The van der Waals surface area contributed by atoms with E-state index in [0.29, 0.717) is 23.6 Å². The van der Waals surface area contributed by atoms with Crippen LogP contribution in [0.3, 0.4) is 0 Å². The van der Waals surface area contributed by atoms with Crippen LogP contribution >= 0.6 is 23.1 Å². The lowest BCUT2D eigenvalue weighted by atomic mass is 10.3. The highest BCUT2D eigenvalue weighted by molar-refractivity contribution is 7.92. The molecule has 1 N–H and O–H groups in total. The molecule has 0 saturated heterocycles. The number of hydrogen-bond donors (Lipinski definition) is 1. The molecular weight excluding hydrogens is 332 g/mol. The zero-order chi connectivity index (χ0) is 15.3. The van der Waals surface area contributed by atoms with E-state index >= 15 is 0 Å². The molecule has 0 aromatic carbocycles. The van der Waals surface area contributed by atoms with E-state index in [1.165, 1.54) is 0 Å². The first-order valence-electron chi connectivity index (χ1n) is 5.90. The summed E-state index contributed by atoms with van der Waals surface area (Å²) in [7, 11) is -3.48. The van der Waals surface area contributed by atoms with Gasteiger partial charge in [-0.1, -0.05) is 11.6 Å². The number of nitrogens with one attached hydrogen (secondary N) is 1. The van der Waals surface area contributed by atoms with E-state index in [1.54, 1.807) is 18.3 Å². The lowest BCUT2D eigenvalue weighted by Gasteiger charge is -2.02. The van der Waals surface area contributed by atoms with Crippen molar-refractivity contribution in [1.29, 1.82) is 0 Å². The summed E-state index contributed by atoms with van der Waals surface area (Å²) < 4.78 is 30.0. The van der Waals surface area contributed by atoms with Gasteiger partial charge in [-0.05, 0) is 18.6 Å². The summed E-state index contributed by atoms with van der Waals surface area (Å²) in [6, 6.07) is 3.35. The predicted octanol–water partition coefficient (Wildman–Crippen LogP) is 2.41. The monoisotopic (exact) mass is 342 g/mol. The number of halogens is 1. The van der Waals surface area contributed by atoms with Gasteiger partial charge in [0, 0.05) is 24.2 Å². The number of nitrogens with zero attached hydrogens (tertiary/aromatic N) is 3. The maximum atomic E-state index is 11.8. The molecule has 2 aromatic rings. The van der Waals surface area contributed by atoms with Gasteiger partial charge in [0.05, 0.1) is 10.8 Å². The number of hydrogen-bond acceptors (Lipinski definition) is 6. The molecule has 0 aliphatic rings. The van der Waals surface area contributed by atoms with Crippen LogP contribution in [0.25, 0.3) is 11.5 Å². The first-order chi connectivity index (χ1) is 10.0. The van der Waals surface area contributed by atoms with Crippen molar-refractivity contribution >= 4 is 38.3 Å². The molecular formula is C12H11ClN4O2S2. The van der Waals surface area contributed by atoms with Gasteiger partial charge in [-0.3, -0.25) is 9.71 Å².